The molecule has 1 atom stereocenters. The third-order valence-corrected chi connectivity index (χ3v) is 7.15. The summed E-state index contributed by atoms with van der Waals surface area (Å²) < 4.78 is 35.4. The molecule has 1 amide bonds. The predicted molar refractivity (Wildman–Crippen MR) is 116 cm³/mol. The van der Waals surface area contributed by atoms with Gasteiger partial charge in [0, 0.05) is 25.8 Å². The smallest absolute Gasteiger partial charge is 0.241 e. The molecule has 1 aromatic heterocycles. The van der Waals surface area contributed by atoms with Crippen molar-refractivity contribution in [1.29, 1.82) is 5.26 Å². The number of rotatable bonds is 8. The number of piperidine rings is 1. The van der Waals surface area contributed by atoms with Crippen LogP contribution in [0.5, 0.6) is 5.75 Å². The van der Waals surface area contributed by atoms with Crippen molar-refractivity contribution in [3.8, 4) is 11.8 Å². The van der Waals surface area contributed by atoms with Gasteiger partial charge in [0.15, 0.2) is 0 Å². The number of aromatic nitrogens is 1. The van der Waals surface area contributed by atoms with E-state index in [2.05, 4.69) is 17.7 Å². The van der Waals surface area contributed by atoms with E-state index >= 15 is 0 Å². The Morgan fingerprint density at radius 3 is 2.55 bits per heavy atom. The number of amides is 1. The molecule has 1 unspecified atom stereocenters. The summed E-state index contributed by atoms with van der Waals surface area (Å²) in [7, 11) is -2.41. The largest absolute Gasteiger partial charge is 0.497 e. The molecule has 0 radical (unpaired) electrons. The number of nitrogens with one attached hydrogen (secondary N) is 1. The molecule has 1 N–H and O–H groups in total. The van der Waals surface area contributed by atoms with E-state index in [-0.39, 0.29) is 17.2 Å². The van der Waals surface area contributed by atoms with Gasteiger partial charge in [0.25, 0.3) is 0 Å². The Balaban J connectivity index is 1.79. The summed E-state index contributed by atoms with van der Waals surface area (Å²) in [4.78, 5) is 15.0. The molecule has 9 heteroatoms. The molecule has 31 heavy (non-hydrogen) atoms. The molecule has 2 heterocycles. The molecular formula is C22H28N4O4S. The minimum atomic E-state index is -3.91. The van der Waals surface area contributed by atoms with Crippen molar-refractivity contribution in [2.45, 2.75) is 43.7 Å². The Morgan fingerprint density at radius 1 is 1.26 bits per heavy atom. The molecular weight excluding hydrogens is 416 g/mol. The summed E-state index contributed by atoms with van der Waals surface area (Å²) >= 11 is 0. The van der Waals surface area contributed by atoms with Crippen LogP contribution in [0.1, 0.15) is 31.9 Å². The van der Waals surface area contributed by atoms with Crippen molar-refractivity contribution in [3.63, 3.8) is 0 Å². The van der Waals surface area contributed by atoms with Gasteiger partial charge in [-0.2, -0.15) is 9.98 Å². The van der Waals surface area contributed by atoms with E-state index < -0.39 is 16.1 Å². The third kappa shape index (κ3) is 5.66. The molecule has 166 valence electrons. The van der Waals surface area contributed by atoms with Gasteiger partial charge in [-0.25, -0.2) is 8.42 Å². The number of carbonyl (C=O) groups excluding carboxylic acids is 1. The van der Waals surface area contributed by atoms with Crippen LogP contribution in [0.3, 0.4) is 0 Å². The molecule has 0 aliphatic carbocycles. The quantitative estimate of drug-likeness (QED) is 0.673. The summed E-state index contributed by atoms with van der Waals surface area (Å²) in [5.41, 5.74) is 0.469. The van der Waals surface area contributed by atoms with Crippen molar-refractivity contribution >= 4 is 15.9 Å². The third-order valence-electron chi connectivity index (χ3n) is 5.66. The Bertz CT molecular complexity index is 1030. The van der Waals surface area contributed by atoms with Gasteiger partial charge in [-0.1, -0.05) is 6.92 Å². The number of hydrogen-bond acceptors (Lipinski definition) is 5. The van der Waals surface area contributed by atoms with Crippen molar-refractivity contribution in [1.82, 2.24) is 14.2 Å². The zero-order chi connectivity index (χ0) is 22.4. The van der Waals surface area contributed by atoms with Crippen molar-refractivity contribution in [3.05, 3.63) is 48.3 Å². The zero-order valence-corrected chi connectivity index (χ0v) is 18.6. The van der Waals surface area contributed by atoms with Gasteiger partial charge in [0.1, 0.15) is 23.6 Å². The number of nitrogens with zero attached hydrogens (tertiary/aromatic N) is 3. The molecule has 1 aromatic carbocycles. The fraction of sp³-hybridized carbons (Fsp3) is 0.455. The minimum absolute atomic E-state index is 0.0667. The highest BCUT2D eigenvalue weighted by Crippen LogP contribution is 2.20. The fourth-order valence-corrected chi connectivity index (χ4v) is 4.89. The summed E-state index contributed by atoms with van der Waals surface area (Å²) in [6.07, 6.45) is 3.80. The molecule has 2 aromatic rings. The highest BCUT2D eigenvalue weighted by Gasteiger charge is 2.31. The molecule has 0 bridgehead atoms. The second kappa shape index (κ2) is 9.98. The normalized spacial score (nSPS) is 16.0. The number of nitriles is 1. The molecule has 1 saturated heterocycles. The SMILES string of the molecule is COc1ccc(S(=O)(=O)NC(CCn2cccc2C#N)C(=O)N2CCC(C)CC2)cc1. The monoisotopic (exact) mass is 444 g/mol. The molecule has 8 nitrogen and oxygen atoms in total. The van der Waals surface area contributed by atoms with Gasteiger partial charge in [-0.05, 0) is 61.6 Å². The maximum Gasteiger partial charge on any atom is 0.241 e. The average Bonchev–Trinajstić information content (AvgIpc) is 3.24. The minimum Gasteiger partial charge on any atom is -0.497 e. The van der Waals surface area contributed by atoms with Gasteiger partial charge in [-0.15, -0.1) is 0 Å². The van der Waals surface area contributed by atoms with Crippen molar-refractivity contribution < 1.29 is 17.9 Å². The van der Waals surface area contributed by atoms with Crippen LogP contribution in [0.15, 0.2) is 47.5 Å². The topological polar surface area (TPSA) is 104 Å². The average molecular weight is 445 g/mol. The summed E-state index contributed by atoms with van der Waals surface area (Å²) in [6.45, 7) is 3.74. The number of aryl methyl sites for hydroxylation is 1. The van der Waals surface area contributed by atoms with Crippen LogP contribution in [0, 0.1) is 17.2 Å². The highest BCUT2D eigenvalue weighted by atomic mass is 32.2. The van der Waals surface area contributed by atoms with Crippen LogP contribution in [0.4, 0.5) is 0 Å². The number of sulfonamides is 1. The van der Waals surface area contributed by atoms with E-state index in [9.17, 15) is 18.5 Å². The predicted octanol–water partition coefficient (Wildman–Crippen LogP) is 2.36. The van der Waals surface area contributed by atoms with E-state index in [4.69, 9.17) is 4.74 Å². The molecule has 0 spiro atoms. The molecule has 0 saturated carbocycles. The lowest BCUT2D eigenvalue weighted by Gasteiger charge is -2.33. The van der Waals surface area contributed by atoms with E-state index in [1.807, 2.05) is 0 Å². The number of likely N-dealkylation sites (tertiary alicyclic amines) is 1. The lowest BCUT2D eigenvalue weighted by molar-refractivity contribution is -0.134. The molecule has 1 fully saturated rings. The highest BCUT2D eigenvalue weighted by molar-refractivity contribution is 7.89. The van der Waals surface area contributed by atoms with Crippen LogP contribution >= 0.6 is 0 Å². The second-order valence-corrected chi connectivity index (χ2v) is 9.56. The summed E-state index contributed by atoms with van der Waals surface area (Å²) in [5.74, 6) is 0.872. The van der Waals surface area contributed by atoms with E-state index in [0.717, 1.165) is 12.8 Å². The Kier molecular flexibility index (Phi) is 7.36. The molecule has 1 aliphatic heterocycles. The standard InChI is InChI=1S/C22H28N4O4S/c1-17-9-13-26(14-10-17)22(27)21(11-15-25-12-3-4-18(25)16-23)24-31(28,29)20-7-5-19(30-2)6-8-20/h3-8,12,17,21,24H,9-11,13-15H2,1-2H3. The van der Waals surface area contributed by atoms with Gasteiger partial charge < -0.3 is 14.2 Å². The number of methoxy groups -OCH3 is 1. The lowest BCUT2D eigenvalue weighted by atomic mass is 9.98. The number of ether oxygens (including phenoxy) is 1. The Labute approximate surface area is 183 Å². The molecule has 1 aliphatic rings. The van der Waals surface area contributed by atoms with Gasteiger partial charge in [0.2, 0.25) is 15.9 Å². The van der Waals surface area contributed by atoms with Crippen LogP contribution in [-0.4, -0.2) is 50.0 Å². The van der Waals surface area contributed by atoms with Gasteiger partial charge in [0.05, 0.1) is 12.0 Å². The second-order valence-electron chi connectivity index (χ2n) is 7.84. The zero-order valence-electron chi connectivity index (χ0n) is 17.8. The first-order valence-electron chi connectivity index (χ1n) is 10.3. The maximum absolute atomic E-state index is 13.2. The number of benzene rings is 1. The number of carbonyl (C=O) groups is 1. The first-order valence-corrected chi connectivity index (χ1v) is 11.8. The van der Waals surface area contributed by atoms with E-state index in [1.165, 1.54) is 19.2 Å². The first kappa shape index (κ1) is 22.8. The summed E-state index contributed by atoms with van der Waals surface area (Å²) in [6, 6.07) is 10.6. The maximum atomic E-state index is 13.2. The van der Waals surface area contributed by atoms with Crippen molar-refractivity contribution in [2.75, 3.05) is 20.2 Å². The Morgan fingerprint density at radius 2 is 1.94 bits per heavy atom. The lowest BCUT2D eigenvalue weighted by Crippen LogP contribution is -2.50. The van der Waals surface area contributed by atoms with Crippen LogP contribution < -0.4 is 9.46 Å². The van der Waals surface area contributed by atoms with E-state index in [0.29, 0.717) is 37.0 Å². The Hall–Kier alpha value is -2.83. The first-order chi connectivity index (χ1) is 14.8. The van der Waals surface area contributed by atoms with Crippen LogP contribution in [0.25, 0.3) is 0 Å². The van der Waals surface area contributed by atoms with Crippen molar-refractivity contribution in [2.24, 2.45) is 5.92 Å². The van der Waals surface area contributed by atoms with Gasteiger partial charge >= 0.3 is 0 Å². The van der Waals surface area contributed by atoms with Crippen LogP contribution in [0.2, 0.25) is 0 Å². The van der Waals surface area contributed by atoms with Crippen LogP contribution in [-0.2, 0) is 21.4 Å². The number of hydrogen-bond donors (Lipinski definition) is 1. The molecule has 3 rings (SSSR count). The van der Waals surface area contributed by atoms with Gasteiger partial charge in [-0.3, -0.25) is 4.79 Å². The van der Waals surface area contributed by atoms with E-state index in [1.54, 1.807) is 39.9 Å². The fourth-order valence-electron chi connectivity index (χ4n) is 3.67. The summed E-state index contributed by atoms with van der Waals surface area (Å²) in [5, 5.41) is 9.22.